The van der Waals surface area contributed by atoms with E-state index < -0.39 is 5.91 Å². The van der Waals surface area contributed by atoms with Crippen molar-refractivity contribution in [1.29, 1.82) is 0 Å². The maximum atomic E-state index is 12.5. The lowest BCUT2D eigenvalue weighted by Crippen LogP contribution is -2.37. The number of piperidine rings is 1. The molecule has 0 radical (unpaired) electrons. The fraction of sp³-hybridized carbons (Fsp3) is 0.579. The second kappa shape index (κ2) is 7.87. The van der Waals surface area contributed by atoms with Crippen molar-refractivity contribution in [3.63, 3.8) is 0 Å². The summed E-state index contributed by atoms with van der Waals surface area (Å²) < 4.78 is 0. The van der Waals surface area contributed by atoms with Crippen LogP contribution < -0.4 is 11.1 Å². The number of nitrogens with one attached hydrogen (secondary N) is 1. The number of likely N-dealkylation sites (tertiary alicyclic amines) is 2. The lowest BCUT2D eigenvalue weighted by molar-refractivity contribution is 0.0999. The molecule has 0 saturated carbocycles. The average Bonchev–Trinajstić information content (AvgIpc) is 3.04. The van der Waals surface area contributed by atoms with E-state index in [1.807, 2.05) is 11.8 Å². The zero-order valence-corrected chi connectivity index (χ0v) is 15.0. The Morgan fingerprint density at radius 1 is 1.20 bits per heavy atom. The first-order chi connectivity index (χ1) is 12.0. The highest BCUT2D eigenvalue weighted by atomic mass is 16.2. The molecule has 1 aromatic carbocycles. The molecular weight excluding hydrogens is 316 g/mol. The third-order valence-corrected chi connectivity index (χ3v) is 5.28. The van der Waals surface area contributed by atoms with Crippen LogP contribution in [-0.2, 0) is 0 Å². The first kappa shape index (κ1) is 17.7. The van der Waals surface area contributed by atoms with Gasteiger partial charge in [-0.25, -0.2) is 4.79 Å². The van der Waals surface area contributed by atoms with Gasteiger partial charge in [0.2, 0.25) is 5.91 Å². The van der Waals surface area contributed by atoms with Crippen LogP contribution in [0.5, 0.6) is 0 Å². The van der Waals surface area contributed by atoms with Crippen molar-refractivity contribution in [2.45, 2.75) is 32.6 Å². The van der Waals surface area contributed by atoms with E-state index in [0.29, 0.717) is 17.2 Å². The van der Waals surface area contributed by atoms with Gasteiger partial charge in [0.25, 0.3) is 0 Å². The Hall–Kier alpha value is -2.08. The first-order valence-corrected chi connectivity index (χ1v) is 9.21. The molecule has 3 rings (SSSR count). The molecule has 136 valence electrons. The van der Waals surface area contributed by atoms with Gasteiger partial charge in [-0.2, -0.15) is 0 Å². The largest absolute Gasteiger partial charge is 0.366 e. The minimum atomic E-state index is -0.449. The Bertz CT molecular complexity index is 640. The molecule has 2 fully saturated rings. The zero-order chi connectivity index (χ0) is 17.8. The Morgan fingerprint density at radius 3 is 2.64 bits per heavy atom. The quantitative estimate of drug-likeness (QED) is 0.880. The maximum Gasteiger partial charge on any atom is 0.321 e. The van der Waals surface area contributed by atoms with Crippen LogP contribution in [0.3, 0.4) is 0 Å². The Morgan fingerprint density at radius 2 is 1.96 bits per heavy atom. The highest BCUT2D eigenvalue weighted by Gasteiger charge is 2.28. The third kappa shape index (κ3) is 4.51. The van der Waals surface area contributed by atoms with E-state index in [0.717, 1.165) is 31.6 Å². The van der Waals surface area contributed by atoms with Gasteiger partial charge in [-0.15, -0.1) is 0 Å². The van der Waals surface area contributed by atoms with Crippen LogP contribution in [0.1, 0.15) is 41.6 Å². The number of urea groups is 1. The van der Waals surface area contributed by atoms with Gasteiger partial charge in [0.15, 0.2) is 0 Å². The van der Waals surface area contributed by atoms with Gasteiger partial charge in [-0.3, -0.25) is 4.79 Å². The molecule has 1 atom stereocenters. The molecular formula is C19H28N4O2. The molecule has 0 spiro atoms. The summed E-state index contributed by atoms with van der Waals surface area (Å²) in [7, 11) is 0. The summed E-state index contributed by atoms with van der Waals surface area (Å²) in [4.78, 5) is 28.2. The number of carbonyl (C=O) groups excluding carboxylic acids is 2. The number of hydrogen-bond donors (Lipinski definition) is 2. The summed E-state index contributed by atoms with van der Waals surface area (Å²) in [6.07, 6.45) is 5.03. The van der Waals surface area contributed by atoms with E-state index in [4.69, 9.17) is 5.73 Å². The summed E-state index contributed by atoms with van der Waals surface area (Å²) in [5, 5.41) is 2.94. The number of amides is 3. The summed E-state index contributed by atoms with van der Waals surface area (Å²) in [6, 6.07) is 5.12. The van der Waals surface area contributed by atoms with E-state index >= 15 is 0 Å². The highest BCUT2D eigenvalue weighted by Crippen LogP contribution is 2.21. The molecule has 0 aromatic heterocycles. The molecule has 0 bridgehead atoms. The van der Waals surface area contributed by atoms with Crippen LogP contribution >= 0.6 is 0 Å². The SMILES string of the molecule is Cc1cc(NC(=O)N2CC[C@H](CN3CCCCC3)C2)ccc1C(N)=O. The Kier molecular flexibility index (Phi) is 5.58. The topological polar surface area (TPSA) is 78.7 Å². The average molecular weight is 344 g/mol. The molecule has 3 N–H and O–H groups in total. The van der Waals surface area contributed by atoms with Crippen molar-refractivity contribution < 1.29 is 9.59 Å². The van der Waals surface area contributed by atoms with E-state index in [9.17, 15) is 9.59 Å². The molecule has 0 aliphatic carbocycles. The molecule has 2 saturated heterocycles. The molecule has 25 heavy (non-hydrogen) atoms. The van der Waals surface area contributed by atoms with E-state index in [1.54, 1.807) is 18.2 Å². The van der Waals surface area contributed by atoms with Gasteiger partial charge in [-0.05, 0) is 69.0 Å². The van der Waals surface area contributed by atoms with Gasteiger partial charge in [0.1, 0.15) is 0 Å². The van der Waals surface area contributed by atoms with Gasteiger partial charge >= 0.3 is 6.03 Å². The minimum absolute atomic E-state index is 0.0626. The van der Waals surface area contributed by atoms with Crippen LogP contribution in [0.4, 0.5) is 10.5 Å². The van der Waals surface area contributed by atoms with E-state index in [1.165, 1.54) is 32.4 Å². The van der Waals surface area contributed by atoms with Crippen molar-refractivity contribution in [2.75, 3.05) is 38.0 Å². The van der Waals surface area contributed by atoms with Gasteiger partial charge in [0, 0.05) is 30.9 Å². The number of rotatable bonds is 4. The number of nitrogens with zero attached hydrogens (tertiary/aromatic N) is 2. The summed E-state index contributed by atoms with van der Waals surface area (Å²) in [5.74, 6) is 0.123. The normalized spacial score (nSPS) is 21.3. The molecule has 6 nitrogen and oxygen atoms in total. The molecule has 2 heterocycles. The van der Waals surface area contributed by atoms with Crippen molar-refractivity contribution in [1.82, 2.24) is 9.80 Å². The standard InChI is InChI=1S/C19H28N4O2/c1-14-11-16(5-6-17(14)18(20)24)21-19(25)23-10-7-15(13-23)12-22-8-3-2-4-9-22/h5-6,11,15H,2-4,7-10,12-13H2,1H3,(H2,20,24)(H,21,25)/t15-/m1/s1. The van der Waals surface area contributed by atoms with E-state index in [-0.39, 0.29) is 6.03 Å². The number of nitrogens with two attached hydrogens (primary N) is 1. The second-order valence-corrected chi connectivity index (χ2v) is 7.29. The Labute approximate surface area is 149 Å². The molecule has 2 aliphatic heterocycles. The van der Waals surface area contributed by atoms with Gasteiger partial charge in [-0.1, -0.05) is 6.42 Å². The van der Waals surface area contributed by atoms with Crippen molar-refractivity contribution in [3.8, 4) is 0 Å². The van der Waals surface area contributed by atoms with Gasteiger partial charge < -0.3 is 20.9 Å². The Balaban J connectivity index is 1.52. The molecule has 0 unspecified atom stereocenters. The van der Waals surface area contributed by atoms with Crippen LogP contribution in [0.15, 0.2) is 18.2 Å². The van der Waals surface area contributed by atoms with Crippen molar-refractivity contribution >= 4 is 17.6 Å². The minimum Gasteiger partial charge on any atom is -0.366 e. The van der Waals surface area contributed by atoms with Crippen LogP contribution in [0.2, 0.25) is 0 Å². The number of primary amides is 1. The monoisotopic (exact) mass is 344 g/mol. The molecule has 2 aliphatic rings. The number of benzene rings is 1. The van der Waals surface area contributed by atoms with Crippen LogP contribution in [-0.4, -0.2) is 54.5 Å². The molecule has 1 aromatic rings. The molecule has 6 heteroatoms. The second-order valence-electron chi connectivity index (χ2n) is 7.29. The maximum absolute atomic E-state index is 12.5. The zero-order valence-electron chi connectivity index (χ0n) is 15.0. The predicted octanol–water partition coefficient (Wildman–Crippen LogP) is 2.43. The number of anilines is 1. The first-order valence-electron chi connectivity index (χ1n) is 9.21. The number of carbonyl (C=O) groups is 2. The lowest BCUT2D eigenvalue weighted by atomic mass is 10.1. The van der Waals surface area contributed by atoms with Crippen molar-refractivity contribution in [2.24, 2.45) is 11.7 Å². The summed E-state index contributed by atoms with van der Waals surface area (Å²) in [6.45, 7) is 6.96. The fourth-order valence-electron chi connectivity index (χ4n) is 3.89. The van der Waals surface area contributed by atoms with Crippen LogP contribution in [0.25, 0.3) is 0 Å². The predicted molar refractivity (Wildman–Crippen MR) is 98.7 cm³/mol. The highest BCUT2D eigenvalue weighted by molar-refractivity contribution is 5.96. The number of aryl methyl sites for hydroxylation is 1. The summed E-state index contributed by atoms with van der Waals surface area (Å²) in [5.41, 5.74) is 7.28. The lowest BCUT2D eigenvalue weighted by Gasteiger charge is -2.29. The molecule has 3 amide bonds. The summed E-state index contributed by atoms with van der Waals surface area (Å²) >= 11 is 0. The van der Waals surface area contributed by atoms with Crippen LogP contribution in [0, 0.1) is 12.8 Å². The van der Waals surface area contributed by atoms with Crippen molar-refractivity contribution in [3.05, 3.63) is 29.3 Å². The van der Waals surface area contributed by atoms with Gasteiger partial charge in [0.05, 0.1) is 0 Å². The fourth-order valence-corrected chi connectivity index (χ4v) is 3.89. The van der Waals surface area contributed by atoms with E-state index in [2.05, 4.69) is 10.2 Å². The number of hydrogen-bond acceptors (Lipinski definition) is 3. The third-order valence-electron chi connectivity index (χ3n) is 5.28. The smallest absolute Gasteiger partial charge is 0.321 e.